The van der Waals surface area contributed by atoms with Gasteiger partial charge in [0.2, 0.25) is 0 Å². The maximum absolute atomic E-state index is 12.5. The number of ether oxygens (including phenoxy) is 1. The van der Waals surface area contributed by atoms with Crippen LogP contribution in [0.4, 0.5) is 10.6 Å². The minimum atomic E-state index is -0.273. The van der Waals surface area contributed by atoms with E-state index in [0.29, 0.717) is 18.3 Å². The molecule has 3 heterocycles. The highest BCUT2D eigenvalue weighted by Crippen LogP contribution is 2.41. The van der Waals surface area contributed by atoms with E-state index in [1.54, 1.807) is 6.20 Å². The first kappa shape index (κ1) is 16.1. The van der Waals surface area contributed by atoms with Crippen molar-refractivity contribution < 1.29 is 9.53 Å². The summed E-state index contributed by atoms with van der Waals surface area (Å²) in [5.74, 6) is 1.90. The zero-order valence-electron chi connectivity index (χ0n) is 14.9. The molecule has 1 aliphatic heterocycles. The lowest BCUT2D eigenvalue weighted by atomic mass is 10.0. The van der Waals surface area contributed by atoms with Crippen LogP contribution in [0.3, 0.4) is 0 Å². The van der Waals surface area contributed by atoms with Gasteiger partial charge in [-0.25, -0.2) is 9.78 Å². The van der Waals surface area contributed by atoms with Crippen molar-refractivity contribution in [1.29, 1.82) is 0 Å². The van der Waals surface area contributed by atoms with E-state index in [-0.39, 0.29) is 12.1 Å². The Hall–Kier alpha value is -3.09. The topological polar surface area (TPSA) is 91.9 Å². The number of fused-ring (bicyclic) bond motifs is 2. The highest BCUT2D eigenvalue weighted by atomic mass is 16.5. The molecule has 3 N–H and O–H groups in total. The third kappa shape index (κ3) is 3.20. The first-order valence-electron chi connectivity index (χ1n) is 9.41. The standard InChI is InChI=1S/C20H21N5O2/c26-20(22-15-5-3-9-27-17-6-2-1-4-13(15)17)23-18-10-16-14(11-21-18)19(25-24-16)12-7-8-12/h1-2,4,6,10-12,15H,3,5,7-9H2,(H,24,25)(H2,21,22,23,26)/t15-/m1/s1. The fraction of sp³-hybridized carbons (Fsp3) is 0.350. The number of hydrogen-bond donors (Lipinski definition) is 3. The lowest BCUT2D eigenvalue weighted by Crippen LogP contribution is -2.32. The van der Waals surface area contributed by atoms with Crippen LogP contribution >= 0.6 is 0 Å². The molecule has 0 radical (unpaired) electrons. The second-order valence-electron chi connectivity index (χ2n) is 7.18. The van der Waals surface area contributed by atoms with Gasteiger partial charge < -0.3 is 10.1 Å². The fourth-order valence-electron chi connectivity index (χ4n) is 3.65. The highest BCUT2D eigenvalue weighted by molar-refractivity contribution is 5.91. The Bertz CT molecular complexity index is 995. The largest absolute Gasteiger partial charge is 0.493 e. The van der Waals surface area contributed by atoms with Crippen LogP contribution < -0.4 is 15.4 Å². The Balaban J connectivity index is 1.31. The summed E-state index contributed by atoms with van der Waals surface area (Å²) >= 11 is 0. The van der Waals surface area contributed by atoms with Crippen LogP contribution in [-0.4, -0.2) is 27.8 Å². The molecule has 0 bridgehead atoms. The van der Waals surface area contributed by atoms with Gasteiger partial charge in [-0.2, -0.15) is 5.10 Å². The van der Waals surface area contributed by atoms with Crippen molar-refractivity contribution in [3.05, 3.63) is 47.8 Å². The summed E-state index contributed by atoms with van der Waals surface area (Å²) in [7, 11) is 0. The number of benzene rings is 1. The van der Waals surface area contributed by atoms with Crippen molar-refractivity contribution in [1.82, 2.24) is 20.5 Å². The van der Waals surface area contributed by atoms with Crippen molar-refractivity contribution in [2.45, 2.75) is 37.6 Å². The highest BCUT2D eigenvalue weighted by Gasteiger charge is 2.28. The van der Waals surface area contributed by atoms with Crippen molar-refractivity contribution in [3.8, 4) is 5.75 Å². The van der Waals surface area contributed by atoms with E-state index in [4.69, 9.17) is 4.74 Å². The molecule has 5 rings (SSSR count). The fourth-order valence-corrected chi connectivity index (χ4v) is 3.65. The predicted octanol–water partition coefficient (Wildman–Crippen LogP) is 3.87. The number of nitrogens with zero attached hydrogens (tertiary/aromatic N) is 2. The van der Waals surface area contributed by atoms with Gasteiger partial charge in [-0.05, 0) is 31.7 Å². The maximum atomic E-state index is 12.5. The molecule has 2 aliphatic rings. The molecule has 138 valence electrons. The van der Waals surface area contributed by atoms with Gasteiger partial charge in [0.05, 0.1) is 23.9 Å². The number of carbonyl (C=O) groups excluding carboxylic acids is 1. The third-order valence-corrected chi connectivity index (χ3v) is 5.18. The van der Waals surface area contributed by atoms with Crippen molar-refractivity contribution in [2.75, 3.05) is 11.9 Å². The molecule has 1 aliphatic carbocycles. The van der Waals surface area contributed by atoms with Crippen LogP contribution in [0.15, 0.2) is 36.5 Å². The molecular formula is C20H21N5O2. The summed E-state index contributed by atoms with van der Waals surface area (Å²) in [5, 5.41) is 14.4. The smallest absolute Gasteiger partial charge is 0.320 e. The zero-order valence-corrected chi connectivity index (χ0v) is 14.9. The number of carbonyl (C=O) groups is 1. The summed E-state index contributed by atoms with van der Waals surface area (Å²) in [6.07, 6.45) is 5.89. The van der Waals surface area contributed by atoms with E-state index < -0.39 is 0 Å². The minimum Gasteiger partial charge on any atom is -0.493 e. The number of amides is 2. The maximum Gasteiger partial charge on any atom is 0.320 e. The van der Waals surface area contributed by atoms with Crippen LogP contribution in [0.25, 0.3) is 10.9 Å². The number of H-pyrrole nitrogens is 1. The average molecular weight is 363 g/mol. The number of para-hydroxylation sites is 1. The molecule has 1 aromatic carbocycles. The van der Waals surface area contributed by atoms with Crippen molar-refractivity contribution in [2.24, 2.45) is 0 Å². The van der Waals surface area contributed by atoms with Gasteiger partial charge in [-0.3, -0.25) is 10.4 Å². The number of rotatable bonds is 3. The molecule has 7 heteroatoms. The molecule has 2 aromatic heterocycles. The van der Waals surface area contributed by atoms with Gasteiger partial charge in [0.1, 0.15) is 11.6 Å². The number of aromatic amines is 1. The molecule has 7 nitrogen and oxygen atoms in total. The Morgan fingerprint density at radius 2 is 2.11 bits per heavy atom. The van der Waals surface area contributed by atoms with Crippen LogP contribution in [0.1, 0.15) is 48.9 Å². The van der Waals surface area contributed by atoms with Gasteiger partial charge in [0.15, 0.2) is 0 Å². The van der Waals surface area contributed by atoms with Crippen LogP contribution in [0.5, 0.6) is 5.75 Å². The summed E-state index contributed by atoms with van der Waals surface area (Å²) in [5.41, 5.74) is 3.00. The van der Waals surface area contributed by atoms with Gasteiger partial charge in [0, 0.05) is 29.1 Å². The van der Waals surface area contributed by atoms with Crippen molar-refractivity contribution >= 4 is 22.8 Å². The number of pyridine rings is 1. The molecule has 1 saturated carbocycles. The molecule has 0 saturated heterocycles. The first-order valence-corrected chi connectivity index (χ1v) is 9.41. The van der Waals surface area contributed by atoms with Gasteiger partial charge in [0.25, 0.3) is 0 Å². The summed E-state index contributed by atoms with van der Waals surface area (Å²) < 4.78 is 5.76. The minimum absolute atomic E-state index is 0.0824. The number of hydrogen-bond acceptors (Lipinski definition) is 4. The average Bonchev–Trinajstić information content (AvgIpc) is 3.46. The van der Waals surface area contributed by atoms with E-state index in [2.05, 4.69) is 25.8 Å². The Kier molecular flexibility index (Phi) is 3.92. The second-order valence-corrected chi connectivity index (χ2v) is 7.18. The molecule has 0 unspecified atom stereocenters. The molecule has 2 amide bonds. The number of aromatic nitrogens is 3. The van der Waals surface area contributed by atoms with Crippen LogP contribution in [0.2, 0.25) is 0 Å². The summed E-state index contributed by atoms with van der Waals surface area (Å²) in [6.45, 7) is 0.665. The van der Waals surface area contributed by atoms with E-state index in [0.717, 1.165) is 40.8 Å². The Labute approximate surface area is 156 Å². The molecule has 1 fully saturated rings. The van der Waals surface area contributed by atoms with Gasteiger partial charge in [-0.15, -0.1) is 0 Å². The summed E-state index contributed by atoms with van der Waals surface area (Å²) in [4.78, 5) is 16.9. The quantitative estimate of drug-likeness (QED) is 0.659. The lowest BCUT2D eigenvalue weighted by molar-refractivity contribution is 0.247. The zero-order chi connectivity index (χ0) is 18.2. The first-order chi connectivity index (χ1) is 13.3. The second kappa shape index (κ2) is 6.57. The van der Waals surface area contributed by atoms with E-state index in [1.165, 1.54) is 12.8 Å². The number of urea groups is 1. The number of nitrogens with one attached hydrogen (secondary N) is 3. The van der Waals surface area contributed by atoms with Crippen molar-refractivity contribution in [3.63, 3.8) is 0 Å². The molecular weight excluding hydrogens is 342 g/mol. The van der Waals surface area contributed by atoms with E-state index in [9.17, 15) is 4.79 Å². The van der Waals surface area contributed by atoms with E-state index >= 15 is 0 Å². The van der Waals surface area contributed by atoms with Gasteiger partial charge in [-0.1, -0.05) is 18.2 Å². The molecule has 27 heavy (non-hydrogen) atoms. The predicted molar refractivity (Wildman–Crippen MR) is 102 cm³/mol. The van der Waals surface area contributed by atoms with Crippen LogP contribution in [-0.2, 0) is 0 Å². The van der Waals surface area contributed by atoms with Crippen LogP contribution in [0, 0.1) is 0 Å². The number of anilines is 1. The monoisotopic (exact) mass is 363 g/mol. The third-order valence-electron chi connectivity index (χ3n) is 5.18. The Morgan fingerprint density at radius 3 is 3.00 bits per heavy atom. The SMILES string of the molecule is O=C(Nc1cc2[nH]nc(C3CC3)c2cn1)N[C@@H]1CCCOc2ccccc21. The Morgan fingerprint density at radius 1 is 1.22 bits per heavy atom. The summed E-state index contributed by atoms with van der Waals surface area (Å²) in [6, 6.07) is 9.33. The molecule has 0 spiro atoms. The normalized spacial score (nSPS) is 19.0. The van der Waals surface area contributed by atoms with Gasteiger partial charge >= 0.3 is 6.03 Å². The van der Waals surface area contributed by atoms with E-state index in [1.807, 2.05) is 30.3 Å². The molecule has 1 atom stereocenters. The lowest BCUT2D eigenvalue weighted by Gasteiger charge is -2.18. The molecule has 3 aromatic rings.